The molecule has 3 nitrogen and oxygen atoms in total. The fourth-order valence-corrected chi connectivity index (χ4v) is 2.34. The van der Waals surface area contributed by atoms with E-state index in [1.165, 1.54) is 5.56 Å². The van der Waals surface area contributed by atoms with E-state index in [0.29, 0.717) is 5.22 Å². The molecule has 0 aliphatic rings. The van der Waals surface area contributed by atoms with Crippen LogP contribution in [-0.2, 0) is 5.75 Å². The largest absolute Gasteiger partial charge is 0.437 e. The van der Waals surface area contributed by atoms with E-state index >= 15 is 0 Å². The van der Waals surface area contributed by atoms with Crippen LogP contribution in [0.4, 0.5) is 0 Å². The second-order valence-electron chi connectivity index (χ2n) is 4.07. The average Bonchev–Trinajstić information content (AvgIpc) is 2.74. The van der Waals surface area contributed by atoms with Crippen LogP contribution in [0.1, 0.15) is 22.6 Å². The lowest BCUT2D eigenvalue weighted by atomic mass is 10.1. The number of benzene rings is 1. The Morgan fingerprint density at radius 1 is 1.26 bits per heavy atom. The molecule has 1 N–H and O–H groups in total. The SMILES string of the molecule is Cc1nc(SCc2ccc(C#CCO)cc2)oc1C. The van der Waals surface area contributed by atoms with Gasteiger partial charge in [-0.3, -0.25) is 0 Å². The van der Waals surface area contributed by atoms with E-state index < -0.39 is 0 Å². The van der Waals surface area contributed by atoms with Gasteiger partial charge in [-0.2, -0.15) is 0 Å². The molecule has 1 aromatic heterocycles. The monoisotopic (exact) mass is 273 g/mol. The number of aryl methyl sites for hydroxylation is 2. The number of nitrogens with zero attached hydrogens (tertiary/aromatic N) is 1. The Bertz CT molecular complexity index is 586. The van der Waals surface area contributed by atoms with Gasteiger partial charge in [0.25, 0.3) is 5.22 Å². The quantitative estimate of drug-likeness (QED) is 0.690. The minimum atomic E-state index is -0.111. The first-order valence-corrected chi connectivity index (χ1v) is 6.93. The van der Waals surface area contributed by atoms with Gasteiger partial charge >= 0.3 is 0 Å². The van der Waals surface area contributed by atoms with Gasteiger partial charge < -0.3 is 9.52 Å². The number of hydrogen-bond acceptors (Lipinski definition) is 4. The second-order valence-corrected chi connectivity index (χ2v) is 4.99. The lowest BCUT2D eigenvalue weighted by molar-refractivity contribution is 0.350. The first kappa shape index (κ1) is 13.7. The molecule has 0 aliphatic heterocycles. The van der Waals surface area contributed by atoms with Crippen molar-refractivity contribution in [3.8, 4) is 11.8 Å². The number of aliphatic hydroxyl groups excluding tert-OH is 1. The highest BCUT2D eigenvalue weighted by Crippen LogP contribution is 2.24. The molecule has 0 unspecified atom stereocenters. The molecule has 1 aromatic carbocycles. The van der Waals surface area contributed by atoms with Crippen molar-refractivity contribution in [2.45, 2.75) is 24.8 Å². The molecule has 0 radical (unpaired) electrons. The summed E-state index contributed by atoms with van der Waals surface area (Å²) in [7, 11) is 0. The topological polar surface area (TPSA) is 46.3 Å². The molecule has 0 aliphatic carbocycles. The van der Waals surface area contributed by atoms with Crippen molar-refractivity contribution in [3.63, 3.8) is 0 Å². The zero-order chi connectivity index (χ0) is 13.7. The zero-order valence-electron chi connectivity index (χ0n) is 10.9. The third-order valence-electron chi connectivity index (χ3n) is 2.64. The molecule has 2 aromatic rings. The van der Waals surface area contributed by atoms with Gasteiger partial charge in [0.15, 0.2) is 0 Å². The van der Waals surface area contributed by atoms with Crippen LogP contribution in [0.3, 0.4) is 0 Å². The van der Waals surface area contributed by atoms with Crippen molar-refractivity contribution in [2.24, 2.45) is 0 Å². The van der Waals surface area contributed by atoms with E-state index in [2.05, 4.69) is 16.8 Å². The van der Waals surface area contributed by atoms with E-state index in [9.17, 15) is 0 Å². The summed E-state index contributed by atoms with van der Waals surface area (Å²) < 4.78 is 5.51. The van der Waals surface area contributed by atoms with E-state index in [-0.39, 0.29) is 6.61 Å². The van der Waals surface area contributed by atoms with Gasteiger partial charge in [-0.25, -0.2) is 4.98 Å². The number of aliphatic hydroxyl groups is 1. The van der Waals surface area contributed by atoms with E-state index in [4.69, 9.17) is 9.52 Å². The summed E-state index contributed by atoms with van der Waals surface area (Å²) in [4.78, 5) is 4.33. The number of aromatic nitrogens is 1. The lowest BCUT2D eigenvalue weighted by Gasteiger charge is -1.98. The third kappa shape index (κ3) is 3.88. The summed E-state index contributed by atoms with van der Waals surface area (Å²) in [5.74, 6) is 7.18. The Kier molecular flexibility index (Phi) is 4.67. The maximum absolute atomic E-state index is 8.62. The Balaban J connectivity index is 1.96. The van der Waals surface area contributed by atoms with Crippen molar-refractivity contribution in [1.82, 2.24) is 4.98 Å². The highest BCUT2D eigenvalue weighted by molar-refractivity contribution is 7.98. The Hall–Kier alpha value is -1.70. The normalized spacial score (nSPS) is 10.1. The summed E-state index contributed by atoms with van der Waals surface area (Å²) in [6, 6.07) is 7.95. The van der Waals surface area contributed by atoms with Gasteiger partial charge in [0.05, 0.1) is 5.69 Å². The van der Waals surface area contributed by atoms with Gasteiger partial charge in [-0.15, -0.1) is 0 Å². The van der Waals surface area contributed by atoms with Crippen LogP contribution in [0.5, 0.6) is 0 Å². The number of thioether (sulfide) groups is 1. The van der Waals surface area contributed by atoms with Gasteiger partial charge in [0.2, 0.25) is 0 Å². The predicted molar refractivity (Wildman–Crippen MR) is 75.9 cm³/mol. The lowest BCUT2D eigenvalue weighted by Crippen LogP contribution is -1.82. The predicted octanol–water partition coefficient (Wildman–Crippen LogP) is 2.93. The van der Waals surface area contributed by atoms with Crippen LogP contribution >= 0.6 is 11.8 Å². The Morgan fingerprint density at radius 2 is 2.00 bits per heavy atom. The molecule has 19 heavy (non-hydrogen) atoms. The average molecular weight is 273 g/mol. The molecule has 0 saturated carbocycles. The molecule has 1 heterocycles. The van der Waals surface area contributed by atoms with Crippen molar-refractivity contribution in [1.29, 1.82) is 0 Å². The minimum absolute atomic E-state index is 0.111. The summed E-state index contributed by atoms with van der Waals surface area (Å²) >= 11 is 1.58. The van der Waals surface area contributed by atoms with E-state index in [1.807, 2.05) is 38.1 Å². The summed E-state index contributed by atoms with van der Waals surface area (Å²) in [5, 5.41) is 9.33. The molecule has 0 fully saturated rings. The van der Waals surface area contributed by atoms with Gasteiger partial charge in [0, 0.05) is 11.3 Å². The molecule has 0 spiro atoms. The number of hydrogen-bond donors (Lipinski definition) is 1. The maximum atomic E-state index is 8.62. The number of oxazole rings is 1. The molecule has 2 rings (SSSR count). The first-order chi connectivity index (χ1) is 9.19. The van der Waals surface area contributed by atoms with Crippen LogP contribution in [-0.4, -0.2) is 16.7 Å². The molecule has 0 saturated heterocycles. The Labute approximate surface area is 117 Å². The van der Waals surface area contributed by atoms with Crippen molar-refractivity contribution in [2.75, 3.05) is 6.61 Å². The summed E-state index contributed by atoms with van der Waals surface area (Å²) in [5.41, 5.74) is 3.04. The third-order valence-corrected chi connectivity index (χ3v) is 3.54. The van der Waals surface area contributed by atoms with Crippen LogP contribution in [0.25, 0.3) is 0 Å². The smallest absolute Gasteiger partial charge is 0.256 e. The molecule has 0 atom stereocenters. The Morgan fingerprint density at radius 3 is 2.58 bits per heavy atom. The minimum Gasteiger partial charge on any atom is -0.437 e. The highest BCUT2D eigenvalue weighted by Gasteiger charge is 2.06. The van der Waals surface area contributed by atoms with Crippen LogP contribution < -0.4 is 0 Å². The summed E-state index contributed by atoms with van der Waals surface area (Å²) in [6.45, 7) is 3.75. The number of rotatable bonds is 3. The zero-order valence-corrected chi connectivity index (χ0v) is 11.8. The van der Waals surface area contributed by atoms with Gasteiger partial charge in [0.1, 0.15) is 12.4 Å². The van der Waals surface area contributed by atoms with Gasteiger partial charge in [-0.1, -0.05) is 35.7 Å². The fraction of sp³-hybridized carbons (Fsp3) is 0.267. The van der Waals surface area contributed by atoms with Crippen molar-refractivity contribution in [3.05, 3.63) is 46.8 Å². The molecule has 0 amide bonds. The first-order valence-electron chi connectivity index (χ1n) is 5.94. The van der Waals surface area contributed by atoms with Crippen LogP contribution in [0, 0.1) is 25.7 Å². The standard InChI is InChI=1S/C15H15NO2S/c1-11-12(2)18-15(16-11)19-10-14-7-5-13(6-8-14)4-3-9-17/h5-8,17H,9-10H2,1-2H3. The van der Waals surface area contributed by atoms with Crippen molar-refractivity contribution >= 4 is 11.8 Å². The summed E-state index contributed by atoms with van der Waals surface area (Å²) in [6.07, 6.45) is 0. The van der Waals surface area contributed by atoms with Crippen LogP contribution in [0.15, 0.2) is 33.9 Å². The molecule has 98 valence electrons. The van der Waals surface area contributed by atoms with Gasteiger partial charge in [-0.05, 0) is 31.5 Å². The molecular formula is C15H15NO2S. The second kappa shape index (κ2) is 6.46. The molecule has 0 bridgehead atoms. The molecular weight excluding hydrogens is 258 g/mol. The maximum Gasteiger partial charge on any atom is 0.256 e. The fourth-order valence-electron chi connectivity index (χ4n) is 1.48. The van der Waals surface area contributed by atoms with Crippen molar-refractivity contribution < 1.29 is 9.52 Å². The molecule has 4 heteroatoms. The highest BCUT2D eigenvalue weighted by atomic mass is 32.2. The van der Waals surface area contributed by atoms with E-state index in [0.717, 1.165) is 22.8 Å². The van der Waals surface area contributed by atoms with Crippen LogP contribution in [0.2, 0.25) is 0 Å². The van der Waals surface area contributed by atoms with E-state index in [1.54, 1.807) is 11.8 Å².